The van der Waals surface area contributed by atoms with Crippen molar-refractivity contribution in [2.75, 3.05) is 13.2 Å². The fourth-order valence-corrected chi connectivity index (χ4v) is 1.55. The molecule has 0 aromatic carbocycles. The Bertz CT molecular complexity index is 385. The van der Waals surface area contributed by atoms with Gasteiger partial charge in [-0.2, -0.15) is 4.98 Å². The summed E-state index contributed by atoms with van der Waals surface area (Å²) >= 11 is 0. The highest BCUT2D eigenvalue weighted by Crippen LogP contribution is 2.22. The summed E-state index contributed by atoms with van der Waals surface area (Å²) in [5.74, 6) is 1.81. The van der Waals surface area contributed by atoms with Gasteiger partial charge in [-0.25, -0.2) is 0 Å². The Balaban J connectivity index is 0.00000162. The smallest absolute Gasteiger partial charge is 0.221 e. The third-order valence-electron chi connectivity index (χ3n) is 2.99. The third kappa shape index (κ3) is 3.75. The van der Waals surface area contributed by atoms with Crippen molar-refractivity contribution < 1.29 is 9.47 Å². The third-order valence-corrected chi connectivity index (χ3v) is 2.99. The van der Waals surface area contributed by atoms with Crippen LogP contribution >= 0.6 is 12.4 Å². The Morgan fingerprint density at radius 1 is 1.33 bits per heavy atom. The van der Waals surface area contributed by atoms with E-state index in [4.69, 9.17) is 9.47 Å². The molecule has 0 saturated heterocycles. The van der Waals surface area contributed by atoms with E-state index in [1.165, 1.54) is 0 Å². The number of nitrogens with zero attached hydrogens (tertiary/aromatic N) is 1. The van der Waals surface area contributed by atoms with E-state index in [1.807, 2.05) is 12.1 Å². The minimum absolute atomic E-state index is 0. The van der Waals surface area contributed by atoms with Gasteiger partial charge in [0.15, 0.2) is 0 Å². The van der Waals surface area contributed by atoms with Crippen molar-refractivity contribution in [1.29, 1.82) is 0 Å². The lowest BCUT2D eigenvalue weighted by molar-refractivity contribution is 0.161. The summed E-state index contributed by atoms with van der Waals surface area (Å²) in [6, 6.07) is 3.93. The van der Waals surface area contributed by atoms with Crippen molar-refractivity contribution in [3.8, 4) is 11.8 Å². The summed E-state index contributed by atoms with van der Waals surface area (Å²) in [5.41, 5.74) is 1.09. The Labute approximate surface area is 114 Å². The highest BCUT2D eigenvalue weighted by atomic mass is 35.5. The predicted octanol–water partition coefficient (Wildman–Crippen LogP) is 2.41. The number of hydrogen-bond acceptors (Lipinski definition) is 4. The number of fused-ring (bicyclic) bond motifs is 1. The average Bonchev–Trinajstić information content (AvgIpc) is 2.53. The zero-order valence-corrected chi connectivity index (χ0v) is 11.9. The second-order valence-electron chi connectivity index (χ2n) is 4.71. The second kappa shape index (κ2) is 6.81. The molecule has 5 heteroatoms. The van der Waals surface area contributed by atoms with Gasteiger partial charge in [-0.15, -0.1) is 12.4 Å². The number of pyridine rings is 1. The van der Waals surface area contributed by atoms with Crippen molar-refractivity contribution in [2.24, 2.45) is 5.92 Å². The number of nitrogens with one attached hydrogen (secondary N) is 1. The SMILES string of the molecule is CC(C)C(C)Oc1ccc2c(n1)OCCNC2.Cl. The number of rotatable bonds is 3. The first kappa shape index (κ1) is 15.1. The summed E-state index contributed by atoms with van der Waals surface area (Å²) in [7, 11) is 0. The summed E-state index contributed by atoms with van der Waals surface area (Å²) in [6.07, 6.45) is 0.157. The van der Waals surface area contributed by atoms with Crippen LogP contribution in [0.2, 0.25) is 0 Å². The molecule has 2 rings (SSSR count). The van der Waals surface area contributed by atoms with E-state index in [2.05, 4.69) is 31.1 Å². The van der Waals surface area contributed by atoms with Gasteiger partial charge >= 0.3 is 0 Å². The predicted molar refractivity (Wildman–Crippen MR) is 73.6 cm³/mol. The van der Waals surface area contributed by atoms with Crippen LogP contribution in [-0.2, 0) is 6.54 Å². The molecule has 1 aliphatic rings. The van der Waals surface area contributed by atoms with Gasteiger partial charge in [0, 0.05) is 24.7 Å². The number of aromatic nitrogens is 1. The summed E-state index contributed by atoms with van der Waals surface area (Å²) in [4.78, 5) is 4.41. The largest absolute Gasteiger partial charge is 0.476 e. The van der Waals surface area contributed by atoms with Crippen molar-refractivity contribution in [1.82, 2.24) is 10.3 Å². The molecule has 1 N–H and O–H groups in total. The van der Waals surface area contributed by atoms with E-state index in [1.54, 1.807) is 0 Å². The average molecular weight is 273 g/mol. The standard InChI is InChI=1S/C13H20N2O2.ClH/c1-9(2)10(3)17-12-5-4-11-8-14-6-7-16-13(11)15-12;/h4-5,9-10,14H,6-8H2,1-3H3;1H. The van der Waals surface area contributed by atoms with Crippen molar-refractivity contribution in [3.05, 3.63) is 17.7 Å². The van der Waals surface area contributed by atoms with Gasteiger partial charge in [0.1, 0.15) is 6.61 Å². The van der Waals surface area contributed by atoms with Crippen LogP contribution in [0.5, 0.6) is 11.8 Å². The van der Waals surface area contributed by atoms with Gasteiger partial charge in [-0.1, -0.05) is 13.8 Å². The van der Waals surface area contributed by atoms with Crippen LogP contribution in [0, 0.1) is 5.92 Å². The van der Waals surface area contributed by atoms with Crippen molar-refractivity contribution >= 4 is 12.4 Å². The molecule has 1 aromatic rings. The fraction of sp³-hybridized carbons (Fsp3) is 0.615. The number of halogens is 1. The van der Waals surface area contributed by atoms with E-state index < -0.39 is 0 Å². The maximum atomic E-state index is 5.77. The lowest BCUT2D eigenvalue weighted by Crippen LogP contribution is -2.19. The first-order valence-corrected chi connectivity index (χ1v) is 6.17. The molecule has 2 heterocycles. The quantitative estimate of drug-likeness (QED) is 0.918. The molecule has 1 aromatic heterocycles. The minimum atomic E-state index is 0. The molecule has 0 bridgehead atoms. The summed E-state index contributed by atoms with van der Waals surface area (Å²) in [6.45, 7) is 8.64. The van der Waals surface area contributed by atoms with Crippen molar-refractivity contribution in [2.45, 2.75) is 33.4 Å². The molecule has 1 aliphatic heterocycles. The van der Waals surface area contributed by atoms with E-state index >= 15 is 0 Å². The normalized spacial score (nSPS) is 16.0. The lowest BCUT2D eigenvalue weighted by atomic mass is 10.1. The van der Waals surface area contributed by atoms with Crippen LogP contribution in [0.15, 0.2) is 12.1 Å². The minimum Gasteiger partial charge on any atom is -0.476 e. The summed E-state index contributed by atoms with van der Waals surface area (Å²) < 4.78 is 11.3. The first-order valence-electron chi connectivity index (χ1n) is 6.17. The fourth-order valence-electron chi connectivity index (χ4n) is 1.55. The van der Waals surface area contributed by atoms with Crippen LogP contribution in [0.1, 0.15) is 26.3 Å². The van der Waals surface area contributed by atoms with Crippen LogP contribution in [0.25, 0.3) is 0 Å². The van der Waals surface area contributed by atoms with Crippen LogP contribution < -0.4 is 14.8 Å². The van der Waals surface area contributed by atoms with E-state index in [-0.39, 0.29) is 18.5 Å². The van der Waals surface area contributed by atoms with Crippen LogP contribution in [0.4, 0.5) is 0 Å². The van der Waals surface area contributed by atoms with Crippen LogP contribution in [-0.4, -0.2) is 24.2 Å². The molecule has 0 amide bonds. The van der Waals surface area contributed by atoms with E-state index in [0.29, 0.717) is 24.3 Å². The lowest BCUT2D eigenvalue weighted by Gasteiger charge is -2.18. The van der Waals surface area contributed by atoms with Crippen LogP contribution in [0.3, 0.4) is 0 Å². The molecule has 0 saturated carbocycles. The zero-order valence-electron chi connectivity index (χ0n) is 11.1. The zero-order chi connectivity index (χ0) is 12.3. The van der Waals surface area contributed by atoms with Gasteiger partial charge in [0.25, 0.3) is 0 Å². The van der Waals surface area contributed by atoms with Gasteiger partial charge in [0.2, 0.25) is 11.8 Å². The Hall–Kier alpha value is -1.00. The first-order chi connectivity index (χ1) is 8.16. The maximum Gasteiger partial charge on any atom is 0.221 e. The Kier molecular flexibility index (Phi) is 5.69. The molecule has 102 valence electrons. The molecule has 0 spiro atoms. The summed E-state index contributed by atoms with van der Waals surface area (Å²) in [5, 5.41) is 3.28. The van der Waals surface area contributed by atoms with E-state index in [0.717, 1.165) is 18.7 Å². The Morgan fingerprint density at radius 3 is 2.83 bits per heavy atom. The highest BCUT2D eigenvalue weighted by Gasteiger charge is 2.14. The molecular formula is C13H21ClN2O2. The topological polar surface area (TPSA) is 43.4 Å². The molecular weight excluding hydrogens is 252 g/mol. The molecule has 0 aliphatic carbocycles. The van der Waals surface area contributed by atoms with Crippen molar-refractivity contribution in [3.63, 3.8) is 0 Å². The second-order valence-corrected chi connectivity index (χ2v) is 4.71. The molecule has 18 heavy (non-hydrogen) atoms. The maximum absolute atomic E-state index is 5.77. The van der Waals surface area contributed by atoms with Gasteiger partial charge in [-0.05, 0) is 18.9 Å². The number of hydrogen-bond donors (Lipinski definition) is 1. The van der Waals surface area contributed by atoms with E-state index in [9.17, 15) is 0 Å². The Morgan fingerprint density at radius 2 is 2.11 bits per heavy atom. The molecule has 4 nitrogen and oxygen atoms in total. The van der Waals surface area contributed by atoms with Gasteiger partial charge in [0.05, 0.1) is 6.10 Å². The molecule has 1 unspecified atom stereocenters. The number of ether oxygens (including phenoxy) is 2. The molecule has 0 radical (unpaired) electrons. The molecule has 1 atom stereocenters. The highest BCUT2D eigenvalue weighted by molar-refractivity contribution is 5.85. The van der Waals surface area contributed by atoms with Gasteiger partial charge in [-0.3, -0.25) is 0 Å². The van der Waals surface area contributed by atoms with Gasteiger partial charge < -0.3 is 14.8 Å². The monoisotopic (exact) mass is 272 g/mol. The molecule has 0 fully saturated rings.